The van der Waals surface area contributed by atoms with Gasteiger partial charge in [-0.05, 0) is 43.0 Å². The fraction of sp³-hybridized carbons (Fsp3) is 0.474. The number of benzene rings is 1. The highest BCUT2D eigenvalue weighted by molar-refractivity contribution is 6.31. The van der Waals surface area contributed by atoms with Gasteiger partial charge in [-0.2, -0.15) is 0 Å². The number of aromatic nitrogens is 1. The maximum atomic E-state index is 12.2. The predicted octanol–water partition coefficient (Wildman–Crippen LogP) is 2.66. The van der Waals surface area contributed by atoms with Gasteiger partial charge in [-0.3, -0.25) is 9.78 Å². The van der Waals surface area contributed by atoms with E-state index in [0.717, 1.165) is 41.9 Å². The van der Waals surface area contributed by atoms with E-state index < -0.39 is 0 Å². The molecule has 2 aliphatic rings. The number of anilines is 1. The number of amides is 1. The Hall–Kier alpha value is -1.85. The van der Waals surface area contributed by atoms with E-state index in [2.05, 4.69) is 16.0 Å². The van der Waals surface area contributed by atoms with Crippen LogP contribution in [0.3, 0.4) is 0 Å². The molecule has 2 aliphatic heterocycles. The standard InChI is InChI=1S/C19H23ClN4O/c20-14-2-3-16-15(11-14)18(5-8-22-16)23-9-6-17-13(12-23)1-4-19(25)24(17)10-7-21/h2-3,5,8,11,13,17H,1,4,6-7,9-10,12,21H2/t13-,17+/m0/s1. The van der Waals surface area contributed by atoms with E-state index in [1.165, 1.54) is 5.69 Å². The normalized spacial score (nSPS) is 23.8. The first-order valence-corrected chi connectivity index (χ1v) is 9.34. The highest BCUT2D eigenvalue weighted by Gasteiger charge is 2.39. The first kappa shape index (κ1) is 16.6. The largest absolute Gasteiger partial charge is 0.371 e. The van der Waals surface area contributed by atoms with Crippen LogP contribution in [0.25, 0.3) is 10.9 Å². The molecular weight excluding hydrogens is 336 g/mol. The van der Waals surface area contributed by atoms with Crippen LogP contribution in [0.1, 0.15) is 19.3 Å². The lowest BCUT2D eigenvalue weighted by Crippen LogP contribution is -2.57. The van der Waals surface area contributed by atoms with E-state index in [9.17, 15) is 4.79 Å². The van der Waals surface area contributed by atoms with Gasteiger partial charge in [0.2, 0.25) is 5.91 Å². The maximum absolute atomic E-state index is 12.2. The third kappa shape index (κ3) is 3.07. The Balaban J connectivity index is 1.61. The molecule has 2 N–H and O–H groups in total. The van der Waals surface area contributed by atoms with E-state index in [0.29, 0.717) is 31.5 Å². The van der Waals surface area contributed by atoms with Crippen molar-refractivity contribution in [3.63, 3.8) is 0 Å². The molecule has 1 aromatic heterocycles. The number of hydrogen-bond acceptors (Lipinski definition) is 4. The second-order valence-electron chi connectivity index (χ2n) is 6.97. The molecule has 1 amide bonds. The van der Waals surface area contributed by atoms with E-state index in [1.807, 2.05) is 29.3 Å². The van der Waals surface area contributed by atoms with Crippen molar-refractivity contribution in [2.24, 2.45) is 11.7 Å². The van der Waals surface area contributed by atoms with Crippen LogP contribution in [0.4, 0.5) is 5.69 Å². The molecule has 0 bridgehead atoms. The average molecular weight is 359 g/mol. The fourth-order valence-electron chi connectivity index (χ4n) is 4.38. The number of nitrogens with two attached hydrogens (primary N) is 1. The summed E-state index contributed by atoms with van der Waals surface area (Å²) in [5, 5.41) is 1.83. The SMILES string of the molecule is NCCN1C(=O)CC[C@H]2CN(c3ccnc4ccc(Cl)cc34)CC[C@H]21. The topological polar surface area (TPSA) is 62.5 Å². The molecule has 0 aliphatic carbocycles. The Bertz CT molecular complexity index is 796. The zero-order valence-corrected chi connectivity index (χ0v) is 15.0. The van der Waals surface area contributed by atoms with E-state index in [1.54, 1.807) is 0 Å². The minimum Gasteiger partial charge on any atom is -0.371 e. The van der Waals surface area contributed by atoms with Gasteiger partial charge in [-0.1, -0.05) is 11.6 Å². The zero-order chi connectivity index (χ0) is 17.4. The number of halogens is 1. The molecule has 2 fully saturated rings. The number of rotatable bonds is 3. The monoisotopic (exact) mass is 358 g/mol. The van der Waals surface area contributed by atoms with Crippen LogP contribution in [0.2, 0.25) is 5.02 Å². The Morgan fingerprint density at radius 2 is 2.16 bits per heavy atom. The van der Waals surface area contributed by atoms with E-state index in [4.69, 9.17) is 17.3 Å². The number of carbonyl (C=O) groups excluding carboxylic acids is 1. The predicted molar refractivity (Wildman–Crippen MR) is 101 cm³/mol. The molecule has 0 unspecified atom stereocenters. The Kier molecular flexibility index (Phi) is 4.52. The molecule has 4 rings (SSSR count). The number of likely N-dealkylation sites (tertiary alicyclic amines) is 1. The molecule has 0 saturated carbocycles. The quantitative estimate of drug-likeness (QED) is 0.916. The summed E-state index contributed by atoms with van der Waals surface area (Å²) in [6.07, 6.45) is 4.45. The number of hydrogen-bond donors (Lipinski definition) is 1. The number of carbonyl (C=O) groups is 1. The van der Waals surface area contributed by atoms with Crippen molar-refractivity contribution in [1.82, 2.24) is 9.88 Å². The second-order valence-corrected chi connectivity index (χ2v) is 7.40. The summed E-state index contributed by atoms with van der Waals surface area (Å²) >= 11 is 6.21. The lowest BCUT2D eigenvalue weighted by molar-refractivity contribution is -0.139. The summed E-state index contributed by atoms with van der Waals surface area (Å²) in [4.78, 5) is 21.1. The fourth-order valence-corrected chi connectivity index (χ4v) is 4.55. The van der Waals surface area contributed by atoms with Gasteiger partial charge < -0.3 is 15.5 Å². The van der Waals surface area contributed by atoms with E-state index >= 15 is 0 Å². The van der Waals surface area contributed by atoms with Crippen LogP contribution in [-0.2, 0) is 4.79 Å². The highest BCUT2D eigenvalue weighted by Crippen LogP contribution is 2.35. The maximum Gasteiger partial charge on any atom is 0.222 e. The number of piperidine rings is 2. The van der Waals surface area contributed by atoms with Gasteiger partial charge in [0, 0.05) is 60.9 Å². The summed E-state index contributed by atoms with van der Waals surface area (Å²) in [5.41, 5.74) is 7.87. The molecule has 2 aromatic rings. The smallest absolute Gasteiger partial charge is 0.222 e. The Labute approximate surface area is 152 Å². The summed E-state index contributed by atoms with van der Waals surface area (Å²) in [6, 6.07) is 8.25. The van der Waals surface area contributed by atoms with Crippen LogP contribution >= 0.6 is 11.6 Å². The van der Waals surface area contributed by atoms with Crippen LogP contribution in [0, 0.1) is 5.92 Å². The van der Waals surface area contributed by atoms with Crippen LogP contribution in [0.15, 0.2) is 30.5 Å². The molecule has 2 saturated heterocycles. The average Bonchev–Trinajstić information content (AvgIpc) is 2.63. The van der Waals surface area contributed by atoms with Gasteiger partial charge in [-0.25, -0.2) is 0 Å². The Morgan fingerprint density at radius 1 is 1.28 bits per heavy atom. The van der Waals surface area contributed by atoms with Crippen molar-refractivity contribution in [2.45, 2.75) is 25.3 Å². The summed E-state index contributed by atoms with van der Waals surface area (Å²) in [7, 11) is 0. The summed E-state index contributed by atoms with van der Waals surface area (Å²) in [5.74, 6) is 0.765. The lowest BCUT2D eigenvalue weighted by Gasteiger charge is -2.47. The minimum absolute atomic E-state index is 0.265. The first-order valence-electron chi connectivity index (χ1n) is 8.96. The van der Waals surface area contributed by atoms with Crippen molar-refractivity contribution in [3.8, 4) is 0 Å². The van der Waals surface area contributed by atoms with Crippen molar-refractivity contribution in [2.75, 3.05) is 31.1 Å². The third-order valence-electron chi connectivity index (χ3n) is 5.53. The molecule has 2 atom stereocenters. The summed E-state index contributed by atoms with van der Waals surface area (Å²) in [6.45, 7) is 3.10. The Morgan fingerprint density at radius 3 is 3.00 bits per heavy atom. The highest BCUT2D eigenvalue weighted by atomic mass is 35.5. The van der Waals surface area contributed by atoms with Crippen LogP contribution < -0.4 is 10.6 Å². The van der Waals surface area contributed by atoms with Crippen molar-refractivity contribution in [3.05, 3.63) is 35.5 Å². The van der Waals surface area contributed by atoms with Gasteiger partial charge >= 0.3 is 0 Å². The van der Waals surface area contributed by atoms with Crippen molar-refractivity contribution >= 4 is 34.1 Å². The second kappa shape index (κ2) is 6.81. The zero-order valence-electron chi connectivity index (χ0n) is 14.2. The molecule has 0 radical (unpaired) electrons. The lowest BCUT2D eigenvalue weighted by atomic mass is 9.83. The van der Waals surface area contributed by atoms with Gasteiger partial charge in [0.15, 0.2) is 0 Å². The van der Waals surface area contributed by atoms with Crippen molar-refractivity contribution in [1.29, 1.82) is 0 Å². The molecular formula is C19H23ClN4O. The molecule has 0 spiro atoms. The number of fused-ring (bicyclic) bond motifs is 2. The van der Waals surface area contributed by atoms with Crippen LogP contribution in [0.5, 0.6) is 0 Å². The molecule has 1 aromatic carbocycles. The minimum atomic E-state index is 0.265. The van der Waals surface area contributed by atoms with Gasteiger partial charge in [0.1, 0.15) is 0 Å². The van der Waals surface area contributed by atoms with Gasteiger partial charge in [0.25, 0.3) is 0 Å². The molecule has 6 heteroatoms. The van der Waals surface area contributed by atoms with E-state index in [-0.39, 0.29) is 5.91 Å². The van der Waals surface area contributed by atoms with Gasteiger partial charge in [0.05, 0.1) is 5.52 Å². The third-order valence-corrected chi connectivity index (χ3v) is 5.77. The molecule has 25 heavy (non-hydrogen) atoms. The van der Waals surface area contributed by atoms with Crippen molar-refractivity contribution < 1.29 is 4.79 Å². The summed E-state index contributed by atoms with van der Waals surface area (Å²) < 4.78 is 0. The van der Waals surface area contributed by atoms with Crippen LogP contribution in [-0.4, -0.2) is 48.0 Å². The first-order chi connectivity index (χ1) is 12.2. The molecule has 5 nitrogen and oxygen atoms in total. The number of pyridine rings is 1. The van der Waals surface area contributed by atoms with Gasteiger partial charge in [-0.15, -0.1) is 0 Å². The molecule has 132 valence electrons. The number of nitrogens with zero attached hydrogens (tertiary/aromatic N) is 3. The molecule has 3 heterocycles.